The number of likely N-dealkylation sites (N-methyl/N-ethyl adjacent to an activating group) is 1. The maximum absolute atomic E-state index is 11.2. The molecule has 0 bridgehead atoms. The highest BCUT2D eigenvalue weighted by molar-refractivity contribution is 5.63. The highest BCUT2D eigenvalue weighted by Crippen LogP contribution is 2.42. The van der Waals surface area contributed by atoms with Crippen LogP contribution in [0.15, 0.2) is 23.8 Å². The Morgan fingerprint density at radius 2 is 2.17 bits per heavy atom. The van der Waals surface area contributed by atoms with Crippen LogP contribution in [0.5, 0.6) is 5.75 Å². The van der Waals surface area contributed by atoms with E-state index in [-0.39, 0.29) is 6.04 Å². The lowest BCUT2D eigenvalue weighted by atomic mass is 9.84. The van der Waals surface area contributed by atoms with Gasteiger partial charge in [0.2, 0.25) is 0 Å². The molecule has 4 nitrogen and oxygen atoms in total. The lowest BCUT2D eigenvalue weighted by Crippen LogP contribution is -2.41. The van der Waals surface area contributed by atoms with Crippen LogP contribution < -0.4 is 10.1 Å². The molecule has 1 unspecified atom stereocenters. The third-order valence-corrected chi connectivity index (χ3v) is 3.15. The van der Waals surface area contributed by atoms with E-state index in [9.17, 15) is 4.79 Å². The molecule has 0 spiro atoms. The van der Waals surface area contributed by atoms with E-state index in [1.165, 1.54) is 0 Å². The molecule has 4 heteroatoms. The molecule has 1 atom stereocenters. The molecule has 0 saturated carbocycles. The van der Waals surface area contributed by atoms with Crippen LogP contribution in [-0.4, -0.2) is 18.6 Å². The van der Waals surface area contributed by atoms with E-state index in [2.05, 4.69) is 11.4 Å². The van der Waals surface area contributed by atoms with Gasteiger partial charge in [-0.2, -0.15) is 5.26 Å². The van der Waals surface area contributed by atoms with Crippen molar-refractivity contribution in [1.82, 2.24) is 5.32 Å². The Bertz CT molecular complexity index is 578. The summed E-state index contributed by atoms with van der Waals surface area (Å²) in [7, 11) is 1.77. The third kappa shape index (κ3) is 1.80. The van der Waals surface area contributed by atoms with Gasteiger partial charge in [-0.3, -0.25) is 0 Å². The van der Waals surface area contributed by atoms with Gasteiger partial charge in [0.25, 0.3) is 0 Å². The van der Waals surface area contributed by atoms with Crippen LogP contribution in [0.1, 0.15) is 31.0 Å². The molecule has 0 saturated heterocycles. The van der Waals surface area contributed by atoms with Crippen molar-refractivity contribution in [3.63, 3.8) is 0 Å². The summed E-state index contributed by atoms with van der Waals surface area (Å²) in [4.78, 5) is 11.2. The number of hydrogen-bond donors (Lipinski definition) is 1. The van der Waals surface area contributed by atoms with E-state index >= 15 is 0 Å². The number of nitriles is 1. The molecule has 18 heavy (non-hydrogen) atoms. The first-order valence-corrected chi connectivity index (χ1v) is 5.69. The normalized spacial score (nSPS) is 20.3. The zero-order valence-electron chi connectivity index (χ0n) is 10.6. The first-order chi connectivity index (χ1) is 8.53. The summed E-state index contributed by atoms with van der Waals surface area (Å²) in [6.45, 7) is 3.66. The van der Waals surface area contributed by atoms with Crippen molar-refractivity contribution in [2.75, 3.05) is 7.05 Å². The number of nitrogens with zero attached hydrogens (tertiary/aromatic N) is 1. The predicted octanol–water partition coefficient (Wildman–Crippen LogP) is 1.75. The van der Waals surface area contributed by atoms with Crippen molar-refractivity contribution in [2.24, 2.45) is 0 Å². The summed E-state index contributed by atoms with van der Waals surface area (Å²) >= 11 is 0. The largest absolute Gasteiger partial charge is 0.482 e. The van der Waals surface area contributed by atoms with E-state index in [1.54, 1.807) is 25.2 Å². The molecule has 0 radical (unpaired) electrons. The van der Waals surface area contributed by atoms with Crippen molar-refractivity contribution in [2.45, 2.75) is 25.5 Å². The molecular formula is C14H14N2O2. The van der Waals surface area contributed by atoms with Crippen LogP contribution in [0.2, 0.25) is 0 Å². The second-order valence-electron chi connectivity index (χ2n) is 4.71. The first kappa shape index (κ1) is 12.4. The standard InChI is InChI=1S/C14H14N2O2/c1-14(2)11(8-17)13(16-3)10-6-9(7-15)4-5-12(10)18-14/h4-6,13,16H,1-3H3. The Hall–Kier alpha value is -2.08. The summed E-state index contributed by atoms with van der Waals surface area (Å²) in [5.41, 5.74) is 1.15. The number of carbonyl (C=O) groups excluding carboxylic acids is 1. The van der Waals surface area contributed by atoms with Crippen molar-refractivity contribution in [3.8, 4) is 11.8 Å². The van der Waals surface area contributed by atoms with Gasteiger partial charge in [-0.15, -0.1) is 0 Å². The Balaban J connectivity index is 2.65. The van der Waals surface area contributed by atoms with Gasteiger partial charge in [-0.25, -0.2) is 4.79 Å². The van der Waals surface area contributed by atoms with E-state index in [1.807, 2.05) is 19.8 Å². The lowest BCUT2D eigenvalue weighted by molar-refractivity contribution is 0.124. The van der Waals surface area contributed by atoms with Crippen LogP contribution in [0.4, 0.5) is 0 Å². The van der Waals surface area contributed by atoms with E-state index < -0.39 is 5.60 Å². The van der Waals surface area contributed by atoms with Crippen molar-refractivity contribution >= 4 is 5.94 Å². The quantitative estimate of drug-likeness (QED) is 0.762. The minimum Gasteiger partial charge on any atom is -0.482 e. The average molecular weight is 242 g/mol. The van der Waals surface area contributed by atoms with Gasteiger partial charge in [0.1, 0.15) is 17.3 Å². The summed E-state index contributed by atoms with van der Waals surface area (Å²) in [5.74, 6) is 2.66. The van der Waals surface area contributed by atoms with Gasteiger partial charge in [0.05, 0.1) is 23.2 Å². The summed E-state index contributed by atoms with van der Waals surface area (Å²) in [6, 6.07) is 7.03. The summed E-state index contributed by atoms with van der Waals surface area (Å²) < 4.78 is 5.81. The molecule has 0 fully saturated rings. The lowest BCUT2D eigenvalue weighted by Gasteiger charge is -2.38. The van der Waals surface area contributed by atoms with Gasteiger partial charge < -0.3 is 10.1 Å². The topological polar surface area (TPSA) is 62.1 Å². The third-order valence-electron chi connectivity index (χ3n) is 3.15. The fraction of sp³-hybridized carbons (Fsp3) is 0.357. The minimum atomic E-state index is -0.698. The zero-order chi connectivity index (χ0) is 13.3. The summed E-state index contributed by atoms with van der Waals surface area (Å²) in [6.07, 6.45) is 0. The molecule has 1 aromatic carbocycles. The second-order valence-corrected chi connectivity index (χ2v) is 4.71. The molecule has 0 aliphatic carbocycles. The number of benzene rings is 1. The fourth-order valence-corrected chi connectivity index (χ4v) is 2.25. The number of fused-ring (bicyclic) bond motifs is 1. The minimum absolute atomic E-state index is 0.269. The molecule has 92 valence electrons. The smallest absolute Gasteiger partial charge is 0.137 e. The Morgan fingerprint density at radius 3 is 2.72 bits per heavy atom. The average Bonchev–Trinajstić information content (AvgIpc) is 2.35. The monoisotopic (exact) mass is 242 g/mol. The first-order valence-electron chi connectivity index (χ1n) is 5.69. The molecule has 1 aliphatic rings. The van der Waals surface area contributed by atoms with Gasteiger partial charge in [0, 0.05) is 5.56 Å². The molecule has 0 amide bonds. The van der Waals surface area contributed by atoms with Gasteiger partial charge in [-0.05, 0) is 39.1 Å². The molecular weight excluding hydrogens is 228 g/mol. The molecule has 1 aromatic rings. The second kappa shape index (κ2) is 4.30. The van der Waals surface area contributed by atoms with Crippen LogP contribution in [0.3, 0.4) is 0 Å². The Morgan fingerprint density at radius 1 is 1.44 bits per heavy atom. The van der Waals surface area contributed by atoms with Crippen LogP contribution in [-0.2, 0) is 4.79 Å². The van der Waals surface area contributed by atoms with E-state index in [4.69, 9.17) is 10.00 Å². The van der Waals surface area contributed by atoms with Gasteiger partial charge in [-0.1, -0.05) is 0 Å². The maximum atomic E-state index is 11.2. The van der Waals surface area contributed by atoms with Crippen molar-refractivity contribution in [1.29, 1.82) is 5.26 Å². The fourth-order valence-electron chi connectivity index (χ4n) is 2.25. The van der Waals surface area contributed by atoms with Crippen LogP contribution in [0, 0.1) is 11.3 Å². The summed E-state index contributed by atoms with van der Waals surface area (Å²) in [5, 5.41) is 12.0. The van der Waals surface area contributed by atoms with Gasteiger partial charge in [0.15, 0.2) is 0 Å². The van der Waals surface area contributed by atoms with E-state index in [0.717, 1.165) is 5.56 Å². The number of hydrogen-bond acceptors (Lipinski definition) is 4. The molecule has 1 N–H and O–H groups in total. The van der Waals surface area contributed by atoms with Crippen LogP contribution >= 0.6 is 0 Å². The van der Waals surface area contributed by atoms with Crippen molar-refractivity contribution < 1.29 is 9.53 Å². The molecule has 1 heterocycles. The number of nitrogens with one attached hydrogen (secondary N) is 1. The Labute approximate surface area is 106 Å². The van der Waals surface area contributed by atoms with Gasteiger partial charge >= 0.3 is 0 Å². The molecule has 0 aromatic heterocycles. The van der Waals surface area contributed by atoms with E-state index in [0.29, 0.717) is 16.9 Å². The zero-order valence-corrected chi connectivity index (χ0v) is 10.6. The molecule has 2 rings (SSSR count). The maximum Gasteiger partial charge on any atom is 0.137 e. The predicted molar refractivity (Wildman–Crippen MR) is 66.9 cm³/mol. The SMILES string of the molecule is CNC1C(=C=O)C(C)(C)Oc2ccc(C#N)cc21. The molecule has 1 aliphatic heterocycles. The highest BCUT2D eigenvalue weighted by atomic mass is 16.5. The number of rotatable bonds is 1. The van der Waals surface area contributed by atoms with Crippen LogP contribution in [0.25, 0.3) is 0 Å². The highest BCUT2D eigenvalue weighted by Gasteiger charge is 2.39. The number of ether oxygens (including phenoxy) is 1. The Kier molecular flexibility index (Phi) is 2.96. The van der Waals surface area contributed by atoms with Crippen molar-refractivity contribution in [3.05, 3.63) is 34.9 Å².